The van der Waals surface area contributed by atoms with E-state index >= 15 is 0 Å². The lowest BCUT2D eigenvalue weighted by atomic mass is 10.0. The summed E-state index contributed by atoms with van der Waals surface area (Å²) in [7, 11) is 0. The zero-order valence-corrected chi connectivity index (χ0v) is 14.3. The maximum atomic E-state index is 12.1. The van der Waals surface area contributed by atoms with Crippen molar-refractivity contribution in [3.05, 3.63) is 35.3 Å². The highest BCUT2D eigenvalue weighted by Crippen LogP contribution is 2.22. The number of fused-ring (bicyclic) bond motifs is 1. The Morgan fingerprint density at radius 3 is 2.91 bits per heavy atom. The number of carbonyl (C=O) groups excluding carboxylic acids is 1. The Balaban J connectivity index is 1.51. The molecule has 1 aromatic carbocycles. The number of piperidine rings is 1. The van der Waals surface area contributed by atoms with Crippen molar-refractivity contribution in [1.82, 2.24) is 15.2 Å². The highest BCUT2D eigenvalue weighted by atomic mass is 32.1. The van der Waals surface area contributed by atoms with E-state index in [9.17, 15) is 4.79 Å². The Morgan fingerprint density at radius 1 is 1.39 bits per heavy atom. The van der Waals surface area contributed by atoms with Crippen LogP contribution in [0, 0.1) is 0 Å². The lowest BCUT2D eigenvalue weighted by molar-refractivity contribution is -0.117. The molecule has 0 aliphatic carbocycles. The van der Waals surface area contributed by atoms with Crippen LogP contribution in [0.3, 0.4) is 0 Å². The number of para-hydroxylation sites is 1. The minimum atomic E-state index is -0.0156. The maximum absolute atomic E-state index is 12.1. The zero-order valence-electron chi connectivity index (χ0n) is 13.5. The summed E-state index contributed by atoms with van der Waals surface area (Å²) in [6.45, 7) is 5.54. The van der Waals surface area contributed by atoms with Gasteiger partial charge in [0.05, 0.1) is 10.2 Å². The Bertz CT molecular complexity index is 653. The minimum Gasteiger partial charge on any atom is -0.350 e. The lowest BCUT2D eigenvalue weighted by Gasteiger charge is -2.31. The molecule has 0 atom stereocenters. The Kier molecular flexibility index (Phi) is 5.41. The molecule has 5 heteroatoms. The van der Waals surface area contributed by atoms with Gasteiger partial charge in [0.25, 0.3) is 0 Å². The van der Waals surface area contributed by atoms with Gasteiger partial charge < -0.3 is 10.2 Å². The van der Waals surface area contributed by atoms with Crippen LogP contribution >= 0.6 is 11.3 Å². The molecule has 0 unspecified atom stereocenters. The number of thiazole rings is 1. The molecule has 0 spiro atoms. The number of hydrogen-bond donors (Lipinski definition) is 1. The summed E-state index contributed by atoms with van der Waals surface area (Å²) in [5, 5.41) is 3.98. The van der Waals surface area contributed by atoms with Crippen molar-refractivity contribution in [2.75, 3.05) is 19.6 Å². The van der Waals surface area contributed by atoms with Crippen molar-refractivity contribution in [2.45, 2.75) is 32.2 Å². The van der Waals surface area contributed by atoms with E-state index in [1.165, 1.54) is 6.42 Å². The molecule has 0 radical (unpaired) electrons. The molecule has 0 saturated carbocycles. The maximum Gasteiger partial charge on any atom is 0.244 e. The number of hydrogen-bond acceptors (Lipinski definition) is 4. The second-order valence-corrected chi connectivity index (χ2v) is 7.04. The zero-order chi connectivity index (χ0) is 16.1. The van der Waals surface area contributed by atoms with Crippen molar-refractivity contribution < 1.29 is 4.79 Å². The number of likely N-dealkylation sites (tertiary alicyclic amines) is 1. The first kappa shape index (κ1) is 16.1. The lowest BCUT2D eigenvalue weighted by Crippen LogP contribution is -2.44. The van der Waals surface area contributed by atoms with E-state index in [0.29, 0.717) is 6.04 Å². The van der Waals surface area contributed by atoms with Gasteiger partial charge >= 0.3 is 0 Å². The van der Waals surface area contributed by atoms with Crippen molar-refractivity contribution in [1.29, 1.82) is 0 Å². The molecule has 1 amide bonds. The van der Waals surface area contributed by atoms with Crippen LogP contribution in [-0.2, 0) is 4.79 Å². The van der Waals surface area contributed by atoms with Crippen molar-refractivity contribution in [2.24, 2.45) is 0 Å². The third-order valence-electron chi connectivity index (χ3n) is 4.16. The Morgan fingerprint density at radius 2 is 2.17 bits per heavy atom. The number of nitrogens with one attached hydrogen (secondary N) is 1. The van der Waals surface area contributed by atoms with Gasteiger partial charge in [-0.1, -0.05) is 19.1 Å². The largest absolute Gasteiger partial charge is 0.350 e. The SMILES string of the molecule is CCCN1CCC(NC(=O)C=Cc2nc3ccccc3s2)CC1. The Hall–Kier alpha value is -1.72. The number of nitrogens with zero attached hydrogens (tertiary/aromatic N) is 2. The van der Waals surface area contributed by atoms with Crippen molar-refractivity contribution in [3.8, 4) is 0 Å². The number of rotatable bonds is 5. The monoisotopic (exact) mass is 329 g/mol. The van der Waals surface area contributed by atoms with Gasteiger partial charge in [0.2, 0.25) is 5.91 Å². The predicted molar refractivity (Wildman–Crippen MR) is 96.5 cm³/mol. The first-order chi connectivity index (χ1) is 11.2. The van der Waals surface area contributed by atoms with E-state index in [0.717, 1.165) is 47.7 Å². The topological polar surface area (TPSA) is 45.2 Å². The third kappa shape index (κ3) is 4.39. The summed E-state index contributed by atoms with van der Waals surface area (Å²) in [5.41, 5.74) is 0.987. The molecule has 23 heavy (non-hydrogen) atoms. The van der Waals surface area contributed by atoms with Crippen LogP contribution in [0.2, 0.25) is 0 Å². The van der Waals surface area contributed by atoms with Gasteiger partial charge in [-0.05, 0) is 44.0 Å². The fourth-order valence-electron chi connectivity index (χ4n) is 2.97. The average molecular weight is 329 g/mol. The molecule has 1 saturated heterocycles. The van der Waals surface area contributed by atoms with Crippen LogP contribution in [0.4, 0.5) is 0 Å². The van der Waals surface area contributed by atoms with Crippen LogP contribution in [0.25, 0.3) is 16.3 Å². The highest BCUT2D eigenvalue weighted by molar-refractivity contribution is 7.19. The summed E-state index contributed by atoms with van der Waals surface area (Å²) in [6, 6.07) is 8.33. The highest BCUT2D eigenvalue weighted by Gasteiger charge is 2.19. The molecule has 1 fully saturated rings. The van der Waals surface area contributed by atoms with Crippen LogP contribution < -0.4 is 5.32 Å². The minimum absolute atomic E-state index is 0.0156. The fourth-order valence-corrected chi connectivity index (χ4v) is 3.84. The first-order valence-electron chi connectivity index (χ1n) is 8.31. The molecule has 0 bridgehead atoms. The summed E-state index contributed by atoms with van der Waals surface area (Å²) in [4.78, 5) is 19.1. The summed E-state index contributed by atoms with van der Waals surface area (Å²) >= 11 is 1.61. The third-order valence-corrected chi connectivity index (χ3v) is 5.16. The van der Waals surface area contributed by atoms with Crippen molar-refractivity contribution in [3.63, 3.8) is 0 Å². The molecule has 4 nitrogen and oxygen atoms in total. The van der Waals surface area contributed by atoms with Gasteiger partial charge in [0.15, 0.2) is 0 Å². The van der Waals surface area contributed by atoms with Crippen LogP contribution in [-0.4, -0.2) is 41.5 Å². The van der Waals surface area contributed by atoms with Gasteiger partial charge in [-0.15, -0.1) is 11.3 Å². The molecule has 1 aliphatic rings. The fraction of sp³-hybridized carbons (Fsp3) is 0.444. The molecular formula is C18H23N3OS. The molecular weight excluding hydrogens is 306 g/mol. The molecule has 2 aromatic rings. The van der Waals surface area contributed by atoms with Gasteiger partial charge in [0.1, 0.15) is 5.01 Å². The molecule has 1 aromatic heterocycles. The second kappa shape index (κ2) is 7.70. The van der Waals surface area contributed by atoms with Crippen LogP contribution in [0.5, 0.6) is 0 Å². The predicted octanol–water partition coefficient (Wildman–Crippen LogP) is 3.30. The van der Waals surface area contributed by atoms with E-state index in [4.69, 9.17) is 0 Å². The second-order valence-electron chi connectivity index (χ2n) is 5.98. The van der Waals surface area contributed by atoms with Gasteiger partial charge in [-0.25, -0.2) is 4.98 Å². The number of carbonyl (C=O) groups is 1. The number of benzene rings is 1. The Labute approximate surface area is 141 Å². The summed E-state index contributed by atoms with van der Waals surface area (Å²) < 4.78 is 1.15. The smallest absolute Gasteiger partial charge is 0.244 e. The van der Waals surface area contributed by atoms with Crippen LogP contribution in [0.1, 0.15) is 31.2 Å². The summed E-state index contributed by atoms with van der Waals surface area (Å²) in [6.07, 6.45) is 6.70. The number of aromatic nitrogens is 1. The molecule has 122 valence electrons. The number of amides is 1. The molecule has 1 aliphatic heterocycles. The van der Waals surface area contributed by atoms with Gasteiger partial charge in [0, 0.05) is 25.2 Å². The molecule has 3 rings (SSSR count). The van der Waals surface area contributed by atoms with E-state index in [1.807, 2.05) is 24.3 Å². The van der Waals surface area contributed by atoms with E-state index in [1.54, 1.807) is 17.4 Å². The average Bonchev–Trinajstić information content (AvgIpc) is 2.98. The van der Waals surface area contributed by atoms with E-state index in [-0.39, 0.29) is 5.91 Å². The van der Waals surface area contributed by atoms with Crippen molar-refractivity contribution >= 4 is 33.5 Å². The van der Waals surface area contributed by atoms with Gasteiger partial charge in [-0.2, -0.15) is 0 Å². The molecule has 1 N–H and O–H groups in total. The first-order valence-corrected chi connectivity index (χ1v) is 9.13. The molecule has 2 heterocycles. The van der Waals surface area contributed by atoms with E-state index < -0.39 is 0 Å². The quantitative estimate of drug-likeness (QED) is 0.856. The van der Waals surface area contributed by atoms with Gasteiger partial charge in [-0.3, -0.25) is 4.79 Å². The summed E-state index contributed by atoms with van der Waals surface area (Å²) in [5.74, 6) is -0.0156. The van der Waals surface area contributed by atoms with Crippen LogP contribution in [0.15, 0.2) is 30.3 Å². The standard InChI is InChI=1S/C18H23N3OS/c1-2-11-21-12-9-14(10-13-21)19-17(22)7-8-18-20-15-5-3-4-6-16(15)23-18/h3-8,14H,2,9-13H2,1H3,(H,19,22). The van der Waals surface area contributed by atoms with E-state index in [2.05, 4.69) is 28.2 Å². The normalized spacial score (nSPS) is 17.1.